The van der Waals surface area contributed by atoms with Gasteiger partial charge in [-0.2, -0.15) is 0 Å². The summed E-state index contributed by atoms with van der Waals surface area (Å²) in [5, 5.41) is 0. The molecule has 0 saturated carbocycles. The third-order valence-electron chi connectivity index (χ3n) is 4.68. The molecule has 2 aromatic rings. The highest BCUT2D eigenvalue weighted by molar-refractivity contribution is 5.77. The minimum atomic E-state index is -0.0804. The highest BCUT2D eigenvalue weighted by Crippen LogP contribution is 2.19. The fourth-order valence-corrected chi connectivity index (χ4v) is 2.96. The summed E-state index contributed by atoms with van der Waals surface area (Å²) in [6.45, 7) is 3.06. The fraction of sp³-hybridized carbons (Fsp3) is 0.400. The number of rotatable bonds is 6. The summed E-state index contributed by atoms with van der Waals surface area (Å²) in [6, 6.07) is 13.6. The van der Waals surface area contributed by atoms with Crippen LogP contribution in [0.15, 0.2) is 47.3 Å². The summed E-state index contributed by atoms with van der Waals surface area (Å²) >= 11 is 0. The van der Waals surface area contributed by atoms with Gasteiger partial charge >= 0.3 is 0 Å². The third-order valence-corrected chi connectivity index (χ3v) is 4.68. The van der Waals surface area contributed by atoms with E-state index >= 15 is 0 Å². The summed E-state index contributed by atoms with van der Waals surface area (Å²) in [7, 11) is 1.74. The number of aryl methyl sites for hydroxylation is 2. The second kappa shape index (κ2) is 7.55. The van der Waals surface area contributed by atoms with Crippen molar-refractivity contribution in [1.82, 2.24) is 9.47 Å². The summed E-state index contributed by atoms with van der Waals surface area (Å²) in [6.07, 6.45) is 2.32. The molecule has 3 rings (SSSR count). The van der Waals surface area contributed by atoms with Crippen LogP contribution >= 0.6 is 0 Å². The van der Waals surface area contributed by atoms with E-state index in [0.717, 1.165) is 18.5 Å². The Morgan fingerprint density at radius 3 is 2.60 bits per heavy atom. The van der Waals surface area contributed by atoms with Gasteiger partial charge in [0, 0.05) is 25.2 Å². The van der Waals surface area contributed by atoms with Gasteiger partial charge in [0.2, 0.25) is 5.91 Å². The molecular weight excluding hydrogens is 316 g/mol. The highest BCUT2D eigenvalue weighted by atomic mass is 16.5. The molecule has 1 amide bonds. The molecule has 0 unspecified atom stereocenters. The number of nitrogens with zero attached hydrogens (tertiary/aromatic N) is 2. The number of carbonyl (C=O) groups is 1. The average Bonchev–Trinajstić information content (AvgIpc) is 2.56. The first-order valence-electron chi connectivity index (χ1n) is 8.69. The first-order chi connectivity index (χ1) is 12.0. The van der Waals surface area contributed by atoms with Crippen molar-refractivity contribution in [3.05, 3.63) is 64.1 Å². The molecule has 1 saturated heterocycles. The van der Waals surface area contributed by atoms with Crippen molar-refractivity contribution >= 4 is 5.91 Å². The van der Waals surface area contributed by atoms with E-state index in [0.29, 0.717) is 25.3 Å². The van der Waals surface area contributed by atoms with Crippen LogP contribution in [0.1, 0.15) is 24.1 Å². The van der Waals surface area contributed by atoms with Crippen LogP contribution in [0.5, 0.6) is 5.75 Å². The predicted molar refractivity (Wildman–Crippen MR) is 96.8 cm³/mol. The molecule has 2 heterocycles. The van der Waals surface area contributed by atoms with Gasteiger partial charge in [-0.3, -0.25) is 9.59 Å². The number of benzene rings is 1. The largest absolute Gasteiger partial charge is 0.486 e. The Bertz CT molecular complexity index is 792. The molecule has 0 N–H and O–H groups in total. The maximum atomic E-state index is 12.2. The predicted octanol–water partition coefficient (Wildman–Crippen LogP) is 2.31. The number of hydrogen-bond acceptors (Lipinski definition) is 3. The quantitative estimate of drug-likeness (QED) is 0.811. The van der Waals surface area contributed by atoms with Gasteiger partial charge in [0.15, 0.2) is 0 Å². The molecule has 1 aliphatic rings. The zero-order valence-electron chi connectivity index (χ0n) is 14.8. The Kier molecular flexibility index (Phi) is 5.22. The van der Waals surface area contributed by atoms with Gasteiger partial charge in [-0.25, -0.2) is 0 Å². The van der Waals surface area contributed by atoms with E-state index < -0.39 is 0 Å². The van der Waals surface area contributed by atoms with E-state index in [-0.39, 0.29) is 17.6 Å². The minimum Gasteiger partial charge on any atom is -0.486 e. The van der Waals surface area contributed by atoms with E-state index in [2.05, 4.69) is 12.1 Å². The molecule has 0 aliphatic carbocycles. The molecule has 5 heteroatoms. The first kappa shape index (κ1) is 17.3. The zero-order chi connectivity index (χ0) is 17.8. The van der Waals surface area contributed by atoms with Crippen molar-refractivity contribution in [3.8, 4) is 5.75 Å². The van der Waals surface area contributed by atoms with E-state index in [1.54, 1.807) is 11.6 Å². The van der Waals surface area contributed by atoms with Crippen LogP contribution in [-0.4, -0.2) is 34.6 Å². The lowest BCUT2D eigenvalue weighted by molar-refractivity contribution is -0.140. The van der Waals surface area contributed by atoms with Gasteiger partial charge in [0.1, 0.15) is 11.9 Å². The molecule has 1 aromatic carbocycles. The zero-order valence-corrected chi connectivity index (χ0v) is 14.8. The van der Waals surface area contributed by atoms with E-state index in [9.17, 15) is 9.59 Å². The molecule has 0 spiro atoms. The molecular formula is C20H24N2O3. The van der Waals surface area contributed by atoms with Crippen molar-refractivity contribution < 1.29 is 9.53 Å². The molecule has 0 atom stereocenters. The molecule has 1 aliphatic heterocycles. The molecule has 5 nitrogen and oxygen atoms in total. The molecule has 1 aromatic heterocycles. The van der Waals surface area contributed by atoms with Gasteiger partial charge in [-0.1, -0.05) is 30.3 Å². The van der Waals surface area contributed by atoms with Gasteiger partial charge in [0.25, 0.3) is 5.56 Å². The SMILES string of the molecule is Cc1cc(OC2CN(C(=O)CCCc3ccccc3)C2)cc(=O)n1C. The van der Waals surface area contributed by atoms with Crippen LogP contribution in [0.2, 0.25) is 0 Å². The Balaban J connectivity index is 1.41. The lowest BCUT2D eigenvalue weighted by Crippen LogP contribution is -2.56. The smallest absolute Gasteiger partial charge is 0.254 e. The van der Waals surface area contributed by atoms with E-state index in [4.69, 9.17) is 4.74 Å². The number of amides is 1. The van der Waals surface area contributed by atoms with E-state index in [1.807, 2.05) is 36.1 Å². The standard InChI is InChI=1S/C20H24N2O3/c1-15-11-17(12-20(24)21(15)2)25-18-13-22(14-18)19(23)10-6-9-16-7-4-3-5-8-16/h3-5,7-8,11-12,18H,6,9-10,13-14H2,1-2H3. The summed E-state index contributed by atoms with van der Waals surface area (Å²) in [4.78, 5) is 25.8. The molecule has 25 heavy (non-hydrogen) atoms. The van der Waals surface area contributed by atoms with Gasteiger partial charge in [-0.05, 0) is 31.4 Å². The fourth-order valence-electron chi connectivity index (χ4n) is 2.96. The van der Waals surface area contributed by atoms with Gasteiger partial charge in [0.05, 0.1) is 13.1 Å². The first-order valence-corrected chi connectivity index (χ1v) is 8.69. The van der Waals surface area contributed by atoms with Crippen molar-refractivity contribution in [2.24, 2.45) is 7.05 Å². The number of likely N-dealkylation sites (tertiary alicyclic amines) is 1. The van der Waals surface area contributed by atoms with Crippen LogP contribution in [0, 0.1) is 6.92 Å². The van der Waals surface area contributed by atoms with Crippen LogP contribution in [-0.2, 0) is 18.3 Å². The lowest BCUT2D eigenvalue weighted by atomic mass is 10.1. The lowest BCUT2D eigenvalue weighted by Gasteiger charge is -2.39. The van der Waals surface area contributed by atoms with Gasteiger partial charge in [-0.15, -0.1) is 0 Å². The molecule has 0 radical (unpaired) electrons. The Labute approximate surface area is 147 Å². The van der Waals surface area contributed by atoms with Gasteiger partial charge < -0.3 is 14.2 Å². The maximum Gasteiger partial charge on any atom is 0.254 e. The average molecular weight is 340 g/mol. The summed E-state index contributed by atoms with van der Waals surface area (Å²) in [5.41, 5.74) is 2.04. The van der Waals surface area contributed by atoms with E-state index in [1.165, 1.54) is 11.6 Å². The normalized spacial score (nSPS) is 14.2. The van der Waals surface area contributed by atoms with Crippen LogP contribution < -0.4 is 10.3 Å². The molecule has 1 fully saturated rings. The second-order valence-corrected chi connectivity index (χ2v) is 6.61. The monoisotopic (exact) mass is 340 g/mol. The van der Waals surface area contributed by atoms with Crippen molar-refractivity contribution in [1.29, 1.82) is 0 Å². The molecule has 132 valence electrons. The Morgan fingerprint density at radius 1 is 1.20 bits per heavy atom. The second-order valence-electron chi connectivity index (χ2n) is 6.61. The number of carbonyl (C=O) groups excluding carboxylic acids is 1. The maximum absolute atomic E-state index is 12.2. The topological polar surface area (TPSA) is 51.5 Å². The van der Waals surface area contributed by atoms with Crippen LogP contribution in [0.3, 0.4) is 0 Å². The molecule has 0 bridgehead atoms. The number of ether oxygens (including phenoxy) is 1. The Hall–Kier alpha value is -2.56. The van der Waals surface area contributed by atoms with Crippen molar-refractivity contribution in [2.45, 2.75) is 32.3 Å². The summed E-state index contributed by atoms with van der Waals surface area (Å²) < 4.78 is 7.39. The minimum absolute atomic E-state index is 0.0235. The van der Waals surface area contributed by atoms with Crippen LogP contribution in [0.25, 0.3) is 0 Å². The summed E-state index contributed by atoms with van der Waals surface area (Å²) in [5.74, 6) is 0.762. The third kappa shape index (κ3) is 4.29. The highest BCUT2D eigenvalue weighted by Gasteiger charge is 2.31. The van der Waals surface area contributed by atoms with Crippen LogP contribution in [0.4, 0.5) is 0 Å². The Morgan fingerprint density at radius 2 is 1.92 bits per heavy atom. The van der Waals surface area contributed by atoms with Crippen molar-refractivity contribution in [2.75, 3.05) is 13.1 Å². The van der Waals surface area contributed by atoms with Crippen molar-refractivity contribution in [3.63, 3.8) is 0 Å². The number of hydrogen-bond donors (Lipinski definition) is 0. The number of pyridine rings is 1. The number of aromatic nitrogens is 1.